The first kappa shape index (κ1) is 17.3. The lowest BCUT2D eigenvalue weighted by molar-refractivity contribution is 0.0569. The summed E-state index contributed by atoms with van der Waals surface area (Å²) < 4.78 is 13.0. The van der Waals surface area contributed by atoms with Gasteiger partial charge in [0.1, 0.15) is 11.7 Å². The van der Waals surface area contributed by atoms with Crippen LogP contribution in [0.5, 0.6) is 5.19 Å². The number of carbonyl (C=O) groups is 1. The van der Waals surface area contributed by atoms with Crippen molar-refractivity contribution >= 4 is 38.4 Å². The van der Waals surface area contributed by atoms with Crippen LogP contribution in [0.25, 0.3) is 21.2 Å². The van der Waals surface area contributed by atoms with Gasteiger partial charge in [0, 0.05) is 31.3 Å². The fraction of sp³-hybridized carbons (Fsp3) is 0.273. The van der Waals surface area contributed by atoms with E-state index in [1.165, 1.54) is 0 Å². The largest absolute Gasteiger partial charge is 0.467 e. The zero-order chi connectivity index (χ0) is 19.1. The standard InChI is InChI=1S/C22H20N2O3S/c1-14-5-4-8-19-20(14)23-22(28-19)26-16-9-11-24(12-10-16)21(25)18-13-15-6-2-3-7-17(15)27-18/h2-8,13,16H,9-12H2,1H3. The lowest BCUT2D eigenvalue weighted by Gasteiger charge is -2.31. The summed E-state index contributed by atoms with van der Waals surface area (Å²) >= 11 is 1.58. The number of hydrogen-bond acceptors (Lipinski definition) is 5. The lowest BCUT2D eigenvalue weighted by Crippen LogP contribution is -2.41. The van der Waals surface area contributed by atoms with E-state index in [9.17, 15) is 4.79 Å². The fourth-order valence-electron chi connectivity index (χ4n) is 3.68. The van der Waals surface area contributed by atoms with Crippen molar-refractivity contribution in [3.8, 4) is 5.19 Å². The van der Waals surface area contributed by atoms with Gasteiger partial charge < -0.3 is 14.1 Å². The third-order valence-corrected chi connectivity index (χ3v) is 6.15. The summed E-state index contributed by atoms with van der Waals surface area (Å²) in [5, 5.41) is 1.67. The van der Waals surface area contributed by atoms with E-state index in [4.69, 9.17) is 9.15 Å². The van der Waals surface area contributed by atoms with Crippen molar-refractivity contribution in [2.24, 2.45) is 0 Å². The first-order valence-corrected chi connectivity index (χ1v) is 10.3. The van der Waals surface area contributed by atoms with E-state index < -0.39 is 0 Å². The maximum absolute atomic E-state index is 12.8. The van der Waals surface area contributed by atoms with Crippen molar-refractivity contribution in [2.75, 3.05) is 13.1 Å². The number of piperidine rings is 1. The van der Waals surface area contributed by atoms with Crippen molar-refractivity contribution in [2.45, 2.75) is 25.9 Å². The number of nitrogens with zero attached hydrogens (tertiary/aromatic N) is 2. The molecule has 5 nitrogen and oxygen atoms in total. The summed E-state index contributed by atoms with van der Waals surface area (Å²) in [5.74, 6) is 0.354. The number of furan rings is 1. The number of fused-ring (bicyclic) bond motifs is 2. The Balaban J connectivity index is 1.24. The smallest absolute Gasteiger partial charge is 0.289 e. The number of amides is 1. The number of aryl methyl sites for hydroxylation is 1. The molecule has 28 heavy (non-hydrogen) atoms. The highest BCUT2D eigenvalue weighted by Gasteiger charge is 2.27. The van der Waals surface area contributed by atoms with Crippen LogP contribution >= 0.6 is 11.3 Å². The summed E-state index contributed by atoms with van der Waals surface area (Å²) in [6.07, 6.45) is 1.67. The normalized spacial score (nSPS) is 15.4. The first-order valence-electron chi connectivity index (χ1n) is 9.48. The van der Waals surface area contributed by atoms with Gasteiger partial charge in [0.25, 0.3) is 11.1 Å². The number of benzene rings is 2. The molecule has 1 amide bonds. The van der Waals surface area contributed by atoms with E-state index in [1.54, 1.807) is 11.3 Å². The SMILES string of the molecule is Cc1cccc2sc(OC3CCN(C(=O)c4cc5ccccc5o4)CC3)nc12. The molecule has 5 rings (SSSR count). The Morgan fingerprint density at radius 1 is 1.18 bits per heavy atom. The highest BCUT2D eigenvalue weighted by atomic mass is 32.1. The molecule has 0 spiro atoms. The molecule has 2 aromatic heterocycles. The van der Waals surface area contributed by atoms with Crippen molar-refractivity contribution in [3.63, 3.8) is 0 Å². The van der Waals surface area contributed by atoms with Gasteiger partial charge in [-0.3, -0.25) is 4.79 Å². The summed E-state index contributed by atoms with van der Waals surface area (Å²) in [5.41, 5.74) is 2.92. The Kier molecular flexibility index (Phi) is 4.28. The van der Waals surface area contributed by atoms with Crippen molar-refractivity contribution < 1.29 is 13.9 Å². The molecule has 1 aliphatic rings. The topological polar surface area (TPSA) is 55.6 Å². The zero-order valence-electron chi connectivity index (χ0n) is 15.6. The Morgan fingerprint density at radius 2 is 2.00 bits per heavy atom. The predicted molar refractivity (Wildman–Crippen MR) is 110 cm³/mol. The van der Waals surface area contributed by atoms with Crippen molar-refractivity contribution in [1.29, 1.82) is 0 Å². The number of thiazole rings is 1. The van der Waals surface area contributed by atoms with Crippen LogP contribution in [0.1, 0.15) is 29.0 Å². The Bertz CT molecular complexity index is 1120. The molecule has 3 heterocycles. The quantitative estimate of drug-likeness (QED) is 0.490. The lowest BCUT2D eigenvalue weighted by atomic mass is 10.1. The Hall–Kier alpha value is -2.86. The van der Waals surface area contributed by atoms with Crippen LogP contribution in [-0.2, 0) is 0 Å². The van der Waals surface area contributed by atoms with Crippen LogP contribution in [0.3, 0.4) is 0 Å². The van der Waals surface area contributed by atoms with Crippen LogP contribution < -0.4 is 4.74 Å². The van der Waals surface area contributed by atoms with Crippen molar-refractivity contribution in [3.05, 3.63) is 59.9 Å². The van der Waals surface area contributed by atoms with Gasteiger partial charge in [-0.05, 0) is 30.7 Å². The molecule has 1 fully saturated rings. The minimum atomic E-state index is -0.0507. The van der Waals surface area contributed by atoms with Crippen LogP contribution in [0.15, 0.2) is 52.9 Å². The molecule has 0 N–H and O–H groups in total. The molecule has 4 aromatic rings. The number of likely N-dealkylation sites (tertiary alicyclic amines) is 1. The van der Waals surface area contributed by atoms with Gasteiger partial charge in [-0.25, -0.2) is 4.98 Å². The van der Waals surface area contributed by atoms with E-state index in [1.807, 2.05) is 41.3 Å². The molecule has 0 saturated carbocycles. The maximum Gasteiger partial charge on any atom is 0.289 e. The number of rotatable bonds is 3. The number of ether oxygens (including phenoxy) is 1. The third kappa shape index (κ3) is 3.14. The molecule has 0 aliphatic carbocycles. The molecule has 0 bridgehead atoms. The molecule has 2 aromatic carbocycles. The monoisotopic (exact) mass is 392 g/mol. The molecule has 1 aliphatic heterocycles. The van der Waals surface area contributed by atoms with E-state index in [0.29, 0.717) is 24.0 Å². The molecule has 0 radical (unpaired) electrons. The van der Waals surface area contributed by atoms with E-state index >= 15 is 0 Å². The molecule has 6 heteroatoms. The number of hydrogen-bond donors (Lipinski definition) is 0. The highest BCUT2D eigenvalue weighted by Crippen LogP contribution is 2.31. The summed E-state index contributed by atoms with van der Waals surface area (Å²) in [4.78, 5) is 19.3. The van der Waals surface area contributed by atoms with Crippen LogP contribution in [0, 0.1) is 6.92 Å². The molecule has 142 valence electrons. The fourth-order valence-corrected chi connectivity index (χ4v) is 4.64. The molecule has 0 atom stereocenters. The predicted octanol–water partition coefficient (Wildman–Crippen LogP) is 5.03. The highest BCUT2D eigenvalue weighted by molar-refractivity contribution is 7.20. The first-order chi connectivity index (χ1) is 13.7. The summed E-state index contributed by atoms with van der Waals surface area (Å²) in [6, 6.07) is 15.7. The van der Waals surface area contributed by atoms with E-state index in [-0.39, 0.29) is 12.0 Å². The van der Waals surface area contributed by atoms with E-state index in [2.05, 4.69) is 24.0 Å². The van der Waals surface area contributed by atoms with Gasteiger partial charge in [-0.15, -0.1) is 0 Å². The van der Waals surface area contributed by atoms with Crippen LogP contribution in [0.2, 0.25) is 0 Å². The van der Waals surface area contributed by atoms with Gasteiger partial charge in [0.15, 0.2) is 5.76 Å². The Labute approximate surface area is 166 Å². The summed E-state index contributed by atoms with van der Waals surface area (Å²) in [6.45, 7) is 3.38. The molecular weight excluding hydrogens is 372 g/mol. The minimum absolute atomic E-state index is 0.0507. The van der Waals surface area contributed by atoms with Gasteiger partial charge >= 0.3 is 0 Å². The average molecular weight is 392 g/mol. The molecule has 0 unspecified atom stereocenters. The van der Waals surface area contributed by atoms with Crippen molar-refractivity contribution in [1.82, 2.24) is 9.88 Å². The number of para-hydroxylation sites is 2. The minimum Gasteiger partial charge on any atom is -0.467 e. The second kappa shape index (κ2) is 6.95. The third-order valence-electron chi connectivity index (χ3n) is 5.23. The van der Waals surface area contributed by atoms with Gasteiger partial charge in [0.2, 0.25) is 0 Å². The van der Waals surface area contributed by atoms with Gasteiger partial charge in [0.05, 0.1) is 10.2 Å². The zero-order valence-corrected chi connectivity index (χ0v) is 16.4. The second-order valence-electron chi connectivity index (χ2n) is 7.16. The maximum atomic E-state index is 12.8. The number of carbonyl (C=O) groups excluding carboxylic acids is 1. The second-order valence-corrected chi connectivity index (χ2v) is 8.15. The molecule has 1 saturated heterocycles. The Morgan fingerprint density at radius 3 is 2.79 bits per heavy atom. The van der Waals surface area contributed by atoms with Crippen LogP contribution in [-0.4, -0.2) is 35.0 Å². The molecular formula is C22H20N2O3S. The van der Waals surface area contributed by atoms with Gasteiger partial charge in [-0.1, -0.05) is 41.7 Å². The number of aromatic nitrogens is 1. The van der Waals surface area contributed by atoms with Crippen LogP contribution in [0.4, 0.5) is 0 Å². The van der Waals surface area contributed by atoms with Gasteiger partial charge in [-0.2, -0.15) is 0 Å². The summed E-state index contributed by atoms with van der Waals surface area (Å²) in [7, 11) is 0. The average Bonchev–Trinajstić information content (AvgIpc) is 3.32. The van der Waals surface area contributed by atoms with E-state index in [0.717, 1.165) is 39.6 Å².